The summed E-state index contributed by atoms with van der Waals surface area (Å²) >= 11 is 0. The van der Waals surface area contributed by atoms with Crippen molar-refractivity contribution in [2.24, 2.45) is 0 Å². The van der Waals surface area contributed by atoms with Gasteiger partial charge in [-0.3, -0.25) is 9.59 Å². The molecule has 1 aromatic rings. The third-order valence-electron chi connectivity index (χ3n) is 2.27. The van der Waals surface area contributed by atoms with Crippen LogP contribution < -0.4 is 10.1 Å². The van der Waals surface area contributed by atoms with Gasteiger partial charge in [0.1, 0.15) is 5.75 Å². The Morgan fingerprint density at radius 1 is 1.21 bits per heavy atom. The van der Waals surface area contributed by atoms with Gasteiger partial charge in [-0.05, 0) is 39.0 Å². The molecule has 0 bridgehead atoms. The lowest BCUT2D eigenvalue weighted by Gasteiger charge is -2.19. The van der Waals surface area contributed by atoms with Gasteiger partial charge in [-0.1, -0.05) is 18.2 Å². The number of methoxy groups -OCH3 is 1. The number of ketones is 1. The van der Waals surface area contributed by atoms with Crippen LogP contribution in [0.1, 0.15) is 26.3 Å². The molecular weight excluding hydrogens is 242 g/mol. The average Bonchev–Trinajstić information content (AvgIpc) is 2.34. The van der Waals surface area contributed by atoms with Crippen LogP contribution in [-0.2, 0) is 9.59 Å². The summed E-state index contributed by atoms with van der Waals surface area (Å²) in [6.45, 7) is 5.46. The van der Waals surface area contributed by atoms with Gasteiger partial charge in [0.2, 0.25) is 5.78 Å². The average molecular weight is 261 g/mol. The lowest BCUT2D eigenvalue weighted by atomic mass is 10.1. The van der Waals surface area contributed by atoms with Crippen molar-refractivity contribution in [1.29, 1.82) is 0 Å². The quantitative estimate of drug-likeness (QED) is 0.667. The normalized spacial score (nSPS) is 11.4. The molecule has 1 amide bonds. The van der Waals surface area contributed by atoms with Gasteiger partial charge in [0.05, 0.1) is 7.11 Å². The van der Waals surface area contributed by atoms with E-state index < -0.39 is 17.2 Å². The van der Waals surface area contributed by atoms with Crippen LogP contribution in [0.15, 0.2) is 30.3 Å². The van der Waals surface area contributed by atoms with Crippen LogP contribution in [0.4, 0.5) is 0 Å². The van der Waals surface area contributed by atoms with E-state index in [4.69, 9.17) is 4.74 Å². The summed E-state index contributed by atoms with van der Waals surface area (Å²) in [5, 5.41) is 2.61. The molecule has 4 nitrogen and oxygen atoms in total. The Hall–Kier alpha value is -2.10. The number of benzene rings is 1. The van der Waals surface area contributed by atoms with Crippen LogP contribution in [-0.4, -0.2) is 24.3 Å². The van der Waals surface area contributed by atoms with Crippen LogP contribution in [0.2, 0.25) is 0 Å². The maximum absolute atomic E-state index is 11.7. The van der Waals surface area contributed by atoms with Crippen LogP contribution in [0, 0.1) is 0 Å². The molecule has 0 saturated carbocycles. The summed E-state index contributed by atoms with van der Waals surface area (Å²) in [7, 11) is 1.56. The number of carbonyl (C=O) groups excluding carboxylic acids is 2. The van der Waals surface area contributed by atoms with Gasteiger partial charge in [-0.15, -0.1) is 0 Å². The Morgan fingerprint density at radius 3 is 2.42 bits per heavy atom. The number of hydrogen-bond acceptors (Lipinski definition) is 3. The maximum atomic E-state index is 11.7. The summed E-state index contributed by atoms with van der Waals surface area (Å²) in [5.41, 5.74) is 0.326. The first kappa shape index (κ1) is 15.0. The van der Waals surface area contributed by atoms with Gasteiger partial charge in [0.15, 0.2) is 0 Å². The predicted octanol–water partition coefficient (Wildman–Crippen LogP) is 2.19. The Balaban J connectivity index is 2.76. The molecule has 0 atom stereocenters. The zero-order valence-electron chi connectivity index (χ0n) is 11.7. The minimum atomic E-state index is -0.612. The van der Waals surface area contributed by atoms with Gasteiger partial charge in [0, 0.05) is 11.1 Å². The fourth-order valence-corrected chi connectivity index (χ4v) is 1.45. The van der Waals surface area contributed by atoms with E-state index in [0.29, 0.717) is 5.75 Å². The maximum Gasteiger partial charge on any atom is 0.292 e. The molecule has 4 heteroatoms. The topological polar surface area (TPSA) is 55.4 Å². The SMILES string of the molecule is COc1ccccc1/C=C/C(=O)C(=O)NC(C)(C)C. The van der Waals surface area contributed by atoms with Crippen molar-refractivity contribution < 1.29 is 14.3 Å². The molecule has 0 unspecified atom stereocenters. The standard InChI is InChI=1S/C15H19NO3/c1-15(2,3)16-14(18)12(17)10-9-11-7-5-6-8-13(11)19-4/h5-10H,1-4H3,(H,16,18)/b10-9+. The third kappa shape index (κ3) is 4.95. The first-order valence-corrected chi connectivity index (χ1v) is 6.01. The van der Waals surface area contributed by atoms with E-state index in [2.05, 4.69) is 5.32 Å². The predicted molar refractivity (Wildman–Crippen MR) is 74.9 cm³/mol. The van der Waals surface area contributed by atoms with Crippen molar-refractivity contribution >= 4 is 17.8 Å². The van der Waals surface area contributed by atoms with Crippen molar-refractivity contribution in [3.8, 4) is 5.75 Å². The van der Waals surface area contributed by atoms with Crippen molar-refractivity contribution in [1.82, 2.24) is 5.32 Å². The van der Waals surface area contributed by atoms with Crippen molar-refractivity contribution in [2.45, 2.75) is 26.3 Å². The van der Waals surface area contributed by atoms with E-state index >= 15 is 0 Å². The molecule has 1 rings (SSSR count). The first-order valence-electron chi connectivity index (χ1n) is 6.01. The zero-order valence-corrected chi connectivity index (χ0v) is 11.7. The molecule has 0 fully saturated rings. The second-order valence-electron chi connectivity index (χ2n) is 5.14. The summed E-state index contributed by atoms with van der Waals surface area (Å²) in [5.74, 6) is -0.540. The van der Waals surface area contributed by atoms with Gasteiger partial charge >= 0.3 is 0 Å². The van der Waals surface area contributed by atoms with Crippen molar-refractivity contribution in [3.05, 3.63) is 35.9 Å². The van der Waals surface area contributed by atoms with Gasteiger partial charge < -0.3 is 10.1 Å². The molecule has 102 valence electrons. The number of rotatable bonds is 4. The Labute approximate surface area is 113 Å². The van der Waals surface area contributed by atoms with E-state index in [9.17, 15) is 9.59 Å². The minimum Gasteiger partial charge on any atom is -0.496 e. The number of nitrogens with one attached hydrogen (secondary N) is 1. The molecule has 0 aliphatic carbocycles. The third-order valence-corrected chi connectivity index (χ3v) is 2.27. The Kier molecular flexibility index (Phi) is 4.87. The van der Waals surface area contributed by atoms with E-state index in [1.54, 1.807) is 19.3 Å². The zero-order chi connectivity index (χ0) is 14.5. The summed E-state index contributed by atoms with van der Waals surface area (Å²) in [6.07, 6.45) is 2.82. The van der Waals surface area contributed by atoms with Crippen LogP contribution in [0.25, 0.3) is 6.08 Å². The van der Waals surface area contributed by atoms with E-state index in [1.165, 1.54) is 6.08 Å². The molecule has 19 heavy (non-hydrogen) atoms. The highest BCUT2D eigenvalue weighted by Gasteiger charge is 2.18. The molecule has 1 N–H and O–H groups in total. The van der Waals surface area contributed by atoms with Gasteiger partial charge in [-0.2, -0.15) is 0 Å². The number of hydrogen-bond donors (Lipinski definition) is 1. The molecular formula is C15H19NO3. The molecule has 0 aliphatic rings. The van der Waals surface area contributed by atoms with E-state index in [0.717, 1.165) is 5.56 Å². The number of ether oxygens (including phenoxy) is 1. The Morgan fingerprint density at radius 2 is 1.84 bits per heavy atom. The molecule has 1 aromatic carbocycles. The highest BCUT2D eigenvalue weighted by atomic mass is 16.5. The second kappa shape index (κ2) is 6.18. The minimum absolute atomic E-state index is 0.426. The number of amides is 1. The van der Waals surface area contributed by atoms with E-state index in [-0.39, 0.29) is 0 Å². The molecule has 0 heterocycles. The van der Waals surface area contributed by atoms with Crippen molar-refractivity contribution in [3.63, 3.8) is 0 Å². The van der Waals surface area contributed by atoms with Crippen LogP contribution in [0.5, 0.6) is 5.75 Å². The highest BCUT2D eigenvalue weighted by molar-refractivity contribution is 6.41. The molecule has 0 radical (unpaired) electrons. The van der Waals surface area contributed by atoms with Crippen molar-refractivity contribution in [2.75, 3.05) is 7.11 Å². The van der Waals surface area contributed by atoms with E-state index in [1.807, 2.05) is 39.0 Å². The monoisotopic (exact) mass is 261 g/mol. The largest absolute Gasteiger partial charge is 0.496 e. The number of para-hydroxylation sites is 1. The second-order valence-corrected chi connectivity index (χ2v) is 5.14. The highest BCUT2D eigenvalue weighted by Crippen LogP contribution is 2.18. The fraction of sp³-hybridized carbons (Fsp3) is 0.333. The van der Waals surface area contributed by atoms with Gasteiger partial charge in [0.25, 0.3) is 5.91 Å². The van der Waals surface area contributed by atoms with Crippen LogP contribution in [0.3, 0.4) is 0 Å². The lowest BCUT2D eigenvalue weighted by Crippen LogP contribution is -2.43. The molecule has 0 spiro atoms. The summed E-state index contributed by atoms with van der Waals surface area (Å²) in [4.78, 5) is 23.2. The van der Waals surface area contributed by atoms with Crippen LogP contribution >= 0.6 is 0 Å². The first-order chi connectivity index (χ1) is 8.83. The molecule has 0 aromatic heterocycles. The lowest BCUT2D eigenvalue weighted by molar-refractivity contribution is -0.136. The smallest absolute Gasteiger partial charge is 0.292 e. The number of carbonyl (C=O) groups is 2. The summed E-state index contributed by atoms with van der Waals surface area (Å²) < 4.78 is 5.16. The molecule has 0 aliphatic heterocycles. The summed E-state index contributed by atoms with van der Waals surface area (Å²) in [6, 6.07) is 7.27. The molecule has 0 saturated heterocycles. The Bertz CT molecular complexity index is 498. The fourth-order valence-electron chi connectivity index (χ4n) is 1.45. The van der Waals surface area contributed by atoms with Gasteiger partial charge in [-0.25, -0.2) is 0 Å².